The van der Waals surface area contributed by atoms with E-state index in [4.69, 9.17) is 9.47 Å². The summed E-state index contributed by atoms with van der Waals surface area (Å²) < 4.78 is 10.6. The summed E-state index contributed by atoms with van der Waals surface area (Å²) in [4.78, 5) is 24.3. The van der Waals surface area contributed by atoms with Gasteiger partial charge in [-0.3, -0.25) is 9.59 Å². The first-order valence-electron chi connectivity index (χ1n) is 23.2. The van der Waals surface area contributed by atoms with Gasteiger partial charge < -0.3 is 14.6 Å². The number of rotatable bonds is 42. The molecule has 0 aliphatic rings. The van der Waals surface area contributed by atoms with E-state index in [2.05, 4.69) is 62.5 Å². The van der Waals surface area contributed by atoms with Crippen molar-refractivity contribution in [2.24, 2.45) is 0 Å². The summed E-state index contributed by atoms with van der Waals surface area (Å²) in [6, 6.07) is 0. The Hall–Kier alpha value is -2.14. The molecule has 0 rings (SSSR count). The van der Waals surface area contributed by atoms with Gasteiger partial charge in [-0.05, 0) is 51.4 Å². The van der Waals surface area contributed by atoms with Gasteiger partial charge in [-0.2, -0.15) is 0 Å². The van der Waals surface area contributed by atoms with E-state index in [0.717, 1.165) is 64.2 Å². The summed E-state index contributed by atoms with van der Waals surface area (Å²) in [6.45, 7) is 4.03. The molecule has 0 spiro atoms. The van der Waals surface area contributed by atoms with Gasteiger partial charge in [-0.25, -0.2) is 0 Å². The molecule has 0 aliphatic carbocycles. The molecule has 0 amide bonds. The number of ether oxygens (including phenoxy) is 2. The Balaban J connectivity index is 3.45. The lowest BCUT2D eigenvalue weighted by molar-refractivity contribution is -0.161. The van der Waals surface area contributed by atoms with Crippen LogP contribution in [0.2, 0.25) is 0 Å². The SMILES string of the molecule is CC/C=C\C/C=C\C/C=C\C/C=C\CCCCCCCCCCCCCCCCCCC(=O)OC(CO)COC(=O)CCCCCCCCCCCCC. The number of hydrogen-bond donors (Lipinski definition) is 1. The molecule has 0 aromatic rings. The highest BCUT2D eigenvalue weighted by Gasteiger charge is 2.16. The van der Waals surface area contributed by atoms with Crippen molar-refractivity contribution in [1.29, 1.82) is 0 Å². The van der Waals surface area contributed by atoms with E-state index in [1.165, 1.54) is 141 Å². The molecule has 0 fully saturated rings. The fraction of sp³-hybridized carbons (Fsp3) is 0.796. The topological polar surface area (TPSA) is 72.8 Å². The largest absolute Gasteiger partial charge is 0.462 e. The minimum absolute atomic E-state index is 0.0622. The highest BCUT2D eigenvalue weighted by Crippen LogP contribution is 2.16. The highest BCUT2D eigenvalue weighted by atomic mass is 16.6. The predicted molar refractivity (Wildman–Crippen MR) is 233 cm³/mol. The molecule has 0 heterocycles. The first-order chi connectivity index (χ1) is 26.6. The summed E-state index contributed by atoms with van der Waals surface area (Å²) in [6.07, 6.45) is 57.7. The normalized spacial score (nSPS) is 12.6. The Morgan fingerprint density at radius 2 is 0.796 bits per heavy atom. The summed E-state index contributed by atoms with van der Waals surface area (Å²) >= 11 is 0. The number of carbonyl (C=O) groups excluding carboxylic acids is 2. The number of aliphatic hydroxyl groups excluding tert-OH is 1. The van der Waals surface area contributed by atoms with E-state index < -0.39 is 6.10 Å². The molecule has 1 atom stereocenters. The Morgan fingerprint density at radius 1 is 0.444 bits per heavy atom. The molecule has 0 radical (unpaired) electrons. The van der Waals surface area contributed by atoms with E-state index in [-0.39, 0.29) is 25.2 Å². The number of allylic oxidation sites excluding steroid dienone is 8. The number of unbranched alkanes of at least 4 members (excludes halogenated alkanes) is 26. The molecule has 0 bridgehead atoms. The molecule has 0 aromatic carbocycles. The lowest BCUT2D eigenvalue weighted by Crippen LogP contribution is -2.28. The summed E-state index contributed by atoms with van der Waals surface area (Å²) in [5.74, 6) is -0.584. The van der Waals surface area contributed by atoms with Crippen LogP contribution < -0.4 is 0 Å². The molecule has 5 heteroatoms. The molecule has 314 valence electrons. The van der Waals surface area contributed by atoms with E-state index in [9.17, 15) is 14.7 Å². The smallest absolute Gasteiger partial charge is 0.306 e. The number of carbonyl (C=O) groups is 2. The first kappa shape index (κ1) is 51.9. The van der Waals surface area contributed by atoms with Gasteiger partial charge in [0, 0.05) is 12.8 Å². The van der Waals surface area contributed by atoms with Crippen LogP contribution in [0.4, 0.5) is 0 Å². The molecule has 1 unspecified atom stereocenters. The second-order valence-corrected chi connectivity index (χ2v) is 15.5. The summed E-state index contributed by atoms with van der Waals surface area (Å²) in [5, 5.41) is 9.57. The highest BCUT2D eigenvalue weighted by molar-refractivity contribution is 5.70. The molecule has 5 nitrogen and oxygen atoms in total. The zero-order valence-corrected chi connectivity index (χ0v) is 35.7. The fourth-order valence-corrected chi connectivity index (χ4v) is 6.66. The molecule has 0 aromatic heterocycles. The van der Waals surface area contributed by atoms with Crippen molar-refractivity contribution in [2.45, 2.75) is 238 Å². The van der Waals surface area contributed by atoms with Crippen LogP contribution in [0.25, 0.3) is 0 Å². The molecule has 54 heavy (non-hydrogen) atoms. The number of hydrogen-bond acceptors (Lipinski definition) is 5. The van der Waals surface area contributed by atoms with Gasteiger partial charge in [0.25, 0.3) is 0 Å². The minimum Gasteiger partial charge on any atom is -0.462 e. The van der Waals surface area contributed by atoms with Gasteiger partial charge in [0.05, 0.1) is 6.61 Å². The van der Waals surface area contributed by atoms with Crippen molar-refractivity contribution in [3.63, 3.8) is 0 Å². The zero-order chi connectivity index (χ0) is 39.3. The molecular formula is C49H88O5. The van der Waals surface area contributed by atoms with Crippen molar-refractivity contribution in [2.75, 3.05) is 13.2 Å². The van der Waals surface area contributed by atoms with Gasteiger partial charge in [0.2, 0.25) is 0 Å². The van der Waals surface area contributed by atoms with Crippen molar-refractivity contribution in [1.82, 2.24) is 0 Å². The predicted octanol–water partition coefficient (Wildman–Crippen LogP) is 15.0. The van der Waals surface area contributed by atoms with Crippen LogP contribution in [0.15, 0.2) is 48.6 Å². The molecule has 1 N–H and O–H groups in total. The van der Waals surface area contributed by atoms with Crippen LogP contribution >= 0.6 is 0 Å². The summed E-state index contributed by atoms with van der Waals surface area (Å²) in [5.41, 5.74) is 0. The Labute approximate surface area is 335 Å². The molecular weight excluding hydrogens is 669 g/mol. The van der Waals surface area contributed by atoms with E-state index >= 15 is 0 Å². The number of aliphatic hydroxyl groups is 1. The molecule has 0 saturated carbocycles. The Kier molecular flexibility index (Phi) is 43.5. The third-order valence-corrected chi connectivity index (χ3v) is 10.1. The van der Waals surface area contributed by atoms with Crippen LogP contribution in [0.3, 0.4) is 0 Å². The minimum atomic E-state index is -0.767. The lowest BCUT2D eigenvalue weighted by atomic mass is 10.0. The van der Waals surface area contributed by atoms with Gasteiger partial charge in [0.15, 0.2) is 6.10 Å². The van der Waals surface area contributed by atoms with Crippen molar-refractivity contribution >= 4 is 11.9 Å². The van der Waals surface area contributed by atoms with E-state index in [1.54, 1.807) is 0 Å². The third kappa shape index (κ3) is 42.6. The van der Waals surface area contributed by atoms with Gasteiger partial charge in [0.1, 0.15) is 6.61 Å². The second kappa shape index (κ2) is 45.3. The zero-order valence-electron chi connectivity index (χ0n) is 35.7. The van der Waals surface area contributed by atoms with Gasteiger partial charge in [-0.1, -0.05) is 217 Å². The van der Waals surface area contributed by atoms with Crippen LogP contribution in [-0.2, 0) is 19.1 Å². The average Bonchev–Trinajstić information content (AvgIpc) is 3.17. The van der Waals surface area contributed by atoms with Gasteiger partial charge in [-0.15, -0.1) is 0 Å². The van der Waals surface area contributed by atoms with E-state index in [0.29, 0.717) is 12.8 Å². The quantitative estimate of drug-likeness (QED) is 0.0381. The van der Waals surface area contributed by atoms with E-state index in [1.807, 2.05) is 0 Å². The fourth-order valence-electron chi connectivity index (χ4n) is 6.66. The Bertz CT molecular complexity index is 904. The summed E-state index contributed by atoms with van der Waals surface area (Å²) in [7, 11) is 0. The molecule has 0 saturated heterocycles. The van der Waals surface area contributed by atoms with Crippen molar-refractivity contribution < 1.29 is 24.2 Å². The maximum absolute atomic E-state index is 12.2. The van der Waals surface area contributed by atoms with Gasteiger partial charge >= 0.3 is 11.9 Å². The van der Waals surface area contributed by atoms with Crippen molar-refractivity contribution in [3.8, 4) is 0 Å². The maximum Gasteiger partial charge on any atom is 0.306 e. The van der Waals surface area contributed by atoms with Crippen LogP contribution in [0.5, 0.6) is 0 Å². The first-order valence-corrected chi connectivity index (χ1v) is 23.2. The van der Waals surface area contributed by atoms with Crippen LogP contribution in [0.1, 0.15) is 232 Å². The van der Waals surface area contributed by atoms with Crippen molar-refractivity contribution in [3.05, 3.63) is 48.6 Å². The third-order valence-electron chi connectivity index (χ3n) is 10.1. The van der Waals surface area contributed by atoms with Crippen LogP contribution in [0, 0.1) is 0 Å². The monoisotopic (exact) mass is 757 g/mol. The maximum atomic E-state index is 12.2. The Morgan fingerprint density at radius 3 is 1.20 bits per heavy atom. The molecule has 0 aliphatic heterocycles. The second-order valence-electron chi connectivity index (χ2n) is 15.5. The lowest BCUT2D eigenvalue weighted by Gasteiger charge is -2.15. The van der Waals surface area contributed by atoms with Crippen LogP contribution in [-0.4, -0.2) is 36.4 Å². The standard InChI is InChI=1S/C49H88O5/c1-3-5-7-9-11-13-15-16-17-18-19-20-21-22-23-24-25-26-27-28-29-30-31-32-34-36-38-40-42-44-49(52)54-47(45-50)46-53-48(51)43-41-39-37-35-33-14-12-10-8-6-4-2/h5,7,11,13,16-17,19-20,47,50H,3-4,6,8-10,12,14-15,18,21-46H2,1-2H3/b7-5-,13-11-,17-16-,20-19-. The average molecular weight is 757 g/mol. The number of esters is 2.